The highest BCUT2D eigenvalue weighted by molar-refractivity contribution is 5.81. The Labute approximate surface area is 112 Å². The van der Waals surface area contributed by atoms with Crippen LogP contribution in [0.5, 0.6) is 0 Å². The van der Waals surface area contributed by atoms with Gasteiger partial charge in [0.2, 0.25) is 5.91 Å². The van der Waals surface area contributed by atoms with Crippen molar-refractivity contribution in [1.29, 1.82) is 0 Å². The van der Waals surface area contributed by atoms with Crippen molar-refractivity contribution in [3.63, 3.8) is 0 Å². The number of nitrogens with two attached hydrogens (primary N) is 1. The van der Waals surface area contributed by atoms with E-state index in [0.717, 1.165) is 0 Å². The summed E-state index contributed by atoms with van der Waals surface area (Å²) in [5.41, 5.74) is 6.04. The number of hydrogen-bond acceptors (Lipinski definition) is 4. The van der Waals surface area contributed by atoms with Crippen molar-refractivity contribution in [3.8, 4) is 0 Å². The van der Waals surface area contributed by atoms with Gasteiger partial charge < -0.3 is 11.1 Å². The molecular weight excluding hydrogens is 246 g/mol. The van der Waals surface area contributed by atoms with Gasteiger partial charge in [-0.1, -0.05) is 32.9 Å². The van der Waals surface area contributed by atoms with Gasteiger partial charge in [-0.25, -0.2) is 0 Å². The lowest BCUT2D eigenvalue weighted by Gasteiger charge is -2.20. The van der Waals surface area contributed by atoms with Crippen LogP contribution in [0, 0.1) is 10.1 Å². The molecule has 0 saturated carbocycles. The van der Waals surface area contributed by atoms with Gasteiger partial charge in [0.1, 0.15) is 6.04 Å². The summed E-state index contributed by atoms with van der Waals surface area (Å²) in [5.74, 6) is -0.569. The van der Waals surface area contributed by atoms with Gasteiger partial charge >= 0.3 is 0 Å². The molecule has 0 aliphatic carbocycles. The van der Waals surface area contributed by atoms with Crippen molar-refractivity contribution in [2.24, 2.45) is 5.73 Å². The first-order chi connectivity index (χ1) is 8.68. The Morgan fingerprint density at radius 1 is 1.42 bits per heavy atom. The molecule has 0 aliphatic heterocycles. The molecule has 0 fully saturated rings. The Bertz CT molecular complexity index is 506. The zero-order chi connectivity index (χ0) is 14.8. The van der Waals surface area contributed by atoms with E-state index >= 15 is 0 Å². The third-order valence-electron chi connectivity index (χ3n) is 2.93. The van der Waals surface area contributed by atoms with E-state index < -0.39 is 16.9 Å². The van der Waals surface area contributed by atoms with Crippen LogP contribution in [0.1, 0.15) is 37.9 Å². The predicted molar refractivity (Wildman–Crippen MR) is 72.8 cm³/mol. The minimum atomic E-state index is -0.729. The molecule has 0 heterocycles. The van der Waals surface area contributed by atoms with E-state index in [4.69, 9.17) is 5.73 Å². The maximum atomic E-state index is 11.3. The fourth-order valence-corrected chi connectivity index (χ4v) is 1.99. The number of benzene rings is 1. The quantitative estimate of drug-likeness (QED) is 0.638. The van der Waals surface area contributed by atoms with E-state index in [1.165, 1.54) is 6.07 Å². The van der Waals surface area contributed by atoms with E-state index in [-0.39, 0.29) is 11.1 Å². The topological polar surface area (TPSA) is 98.3 Å². The second-order valence-corrected chi connectivity index (χ2v) is 5.41. The molecule has 1 amide bonds. The van der Waals surface area contributed by atoms with Gasteiger partial charge in [0, 0.05) is 11.6 Å². The number of likely N-dealkylation sites (N-methyl/N-ethyl adjacent to an activating group) is 1. The van der Waals surface area contributed by atoms with Crippen molar-refractivity contribution in [2.45, 2.75) is 32.2 Å². The molecule has 19 heavy (non-hydrogen) atoms. The molecule has 3 N–H and O–H groups in total. The van der Waals surface area contributed by atoms with E-state index in [1.54, 1.807) is 19.2 Å². The normalized spacial score (nSPS) is 13.1. The molecule has 1 aromatic rings. The van der Waals surface area contributed by atoms with Crippen LogP contribution < -0.4 is 11.1 Å². The van der Waals surface area contributed by atoms with Gasteiger partial charge in [0.15, 0.2) is 0 Å². The summed E-state index contributed by atoms with van der Waals surface area (Å²) in [4.78, 5) is 22.0. The number of primary amides is 1. The zero-order valence-corrected chi connectivity index (χ0v) is 11.6. The highest BCUT2D eigenvalue weighted by atomic mass is 16.6. The number of carbonyl (C=O) groups excluding carboxylic acids is 1. The zero-order valence-electron chi connectivity index (χ0n) is 11.6. The van der Waals surface area contributed by atoms with E-state index in [9.17, 15) is 14.9 Å². The lowest BCUT2D eigenvalue weighted by atomic mass is 9.84. The number of rotatable bonds is 4. The van der Waals surface area contributed by atoms with Crippen LogP contribution in [0.3, 0.4) is 0 Å². The molecular formula is C13H19N3O3. The molecule has 1 rings (SSSR count). The standard InChI is InChI=1S/C13H19N3O3/c1-13(2,3)9-6-5-8(7-10(9)16(18)19)11(15-4)12(14)17/h5-7,11,15H,1-4H3,(H2,14,17). The fraction of sp³-hybridized carbons (Fsp3) is 0.462. The summed E-state index contributed by atoms with van der Waals surface area (Å²) in [6, 6.07) is 4.06. The molecule has 0 aliphatic rings. The number of nitrogens with zero attached hydrogens (tertiary/aromatic N) is 1. The van der Waals surface area contributed by atoms with Crippen LogP contribution in [-0.2, 0) is 10.2 Å². The van der Waals surface area contributed by atoms with E-state index in [1.807, 2.05) is 20.8 Å². The maximum Gasteiger partial charge on any atom is 0.273 e. The smallest absolute Gasteiger partial charge is 0.273 e. The number of nitrogens with one attached hydrogen (secondary N) is 1. The molecule has 6 nitrogen and oxygen atoms in total. The van der Waals surface area contributed by atoms with Gasteiger partial charge in [0.05, 0.1) is 4.92 Å². The summed E-state index contributed by atoms with van der Waals surface area (Å²) >= 11 is 0. The number of carbonyl (C=O) groups is 1. The van der Waals surface area contributed by atoms with Crippen LogP contribution in [0.15, 0.2) is 18.2 Å². The molecule has 0 aromatic heterocycles. The van der Waals surface area contributed by atoms with Crippen LogP contribution >= 0.6 is 0 Å². The molecule has 1 unspecified atom stereocenters. The van der Waals surface area contributed by atoms with Gasteiger partial charge in [-0.15, -0.1) is 0 Å². The molecule has 6 heteroatoms. The average molecular weight is 265 g/mol. The first kappa shape index (κ1) is 15.1. The van der Waals surface area contributed by atoms with E-state index in [0.29, 0.717) is 11.1 Å². The number of nitro groups is 1. The second kappa shape index (κ2) is 5.36. The highest BCUT2D eigenvalue weighted by Gasteiger charge is 2.27. The van der Waals surface area contributed by atoms with Gasteiger partial charge in [-0.3, -0.25) is 14.9 Å². The van der Waals surface area contributed by atoms with Crippen LogP contribution in [-0.4, -0.2) is 17.9 Å². The summed E-state index contributed by atoms with van der Waals surface area (Å²) in [6.07, 6.45) is 0. The number of hydrogen-bond donors (Lipinski definition) is 2. The first-order valence-corrected chi connectivity index (χ1v) is 5.94. The predicted octanol–water partition coefficient (Wildman–Crippen LogP) is 1.64. The van der Waals surface area contributed by atoms with Crippen LogP contribution in [0.4, 0.5) is 5.69 Å². The molecule has 0 spiro atoms. The average Bonchev–Trinajstić information content (AvgIpc) is 2.27. The molecule has 1 aromatic carbocycles. The molecule has 0 bridgehead atoms. The minimum absolute atomic E-state index is 0.00602. The van der Waals surface area contributed by atoms with Crippen LogP contribution in [0.2, 0.25) is 0 Å². The number of amides is 1. The van der Waals surface area contributed by atoms with Crippen LogP contribution in [0.25, 0.3) is 0 Å². The third kappa shape index (κ3) is 3.29. The Balaban J connectivity index is 3.39. The molecule has 0 saturated heterocycles. The van der Waals surface area contributed by atoms with Gasteiger partial charge in [-0.2, -0.15) is 0 Å². The lowest BCUT2D eigenvalue weighted by molar-refractivity contribution is -0.386. The first-order valence-electron chi connectivity index (χ1n) is 5.94. The molecule has 104 valence electrons. The second-order valence-electron chi connectivity index (χ2n) is 5.41. The summed E-state index contributed by atoms with van der Waals surface area (Å²) in [7, 11) is 1.58. The summed E-state index contributed by atoms with van der Waals surface area (Å²) in [6.45, 7) is 5.70. The van der Waals surface area contributed by atoms with Gasteiger partial charge in [-0.05, 0) is 18.0 Å². The Hall–Kier alpha value is -1.95. The van der Waals surface area contributed by atoms with Crippen molar-refractivity contribution >= 4 is 11.6 Å². The fourth-order valence-electron chi connectivity index (χ4n) is 1.99. The number of nitro benzene ring substituents is 1. The Morgan fingerprint density at radius 2 is 2.00 bits per heavy atom. The lowest BCUT2D eigenvalue weighted by Crippen LogP contribution is -2.31. The van der Waals surface area contributed by atoms with Crippen molar-refractivity contribution < 1.29 is 9.72 Å². The maximum absolute atomic E-state index is 11.3. The molecule has 1 atom stereocenters. The minimum Gasteiger partial charge on any atom is -0.368 e. The summed E-state index contributed by atoms with van der Waals surface area (Å²) < 4.78 is 0. The summed E-state index contributed by atoms with van der Waals surface area (Å²) in [5, 5.41) is 13.9. The van der Waals surface area contributed by atoms with Crippen molar-refractivity contribution in [3.05, 3.63) is 39.4 Å². The van der Waals surface area contributed by atoms with Crippen molar-refractivity contribution in [1.82, 2.24) is 5.32 Å². The Kier molecular flexibility index (Phi) is 4.26. The van der Waals surface area contributed by atoms with E-state index in [2.05, 4.69) is 5.32 Å². The highest BCUT2D eigenvalue weighted by Crippen LogP contribution is 2.33. The SMILES string of the molecule is CNC(C(N)=O)c1ccc(C(C)(C)C)c([N+](=O)[O-])c1. The van der Waals surface area contributed by atoms with Crippen molar-refractivity contribution in [2.75, 3.05) is 7.05 Å². The Morgan fingerprint density at radius 3 is 2.37 bits per heavy atom. The monoisotopic (exact) mass is 265 g/mol. The van der Waals surface area contributed by atoms with Gasteiger partial charge in [0.25, 0.3) is 5.69 Å². The largest absolute Gasteiger partial charge is 0.368 e. The molecule has 0 radical (unpaired) electrons. The third-order valence-corrected chi connectivity index (χ3v) is 2.93.